The van der Waals surface area contributed by atoms with Crippen LogP contribution in [0.2, 0.25) is 0 Å². The maximum atomic E-state index is 10.0. The lowest BCUT2D eigenvalue weighted by Crippen LogP contribution is -2.32. The number of phenolic OH excluding ortho intramolecular Hbond substituents is 1. The van der Waals surface area contributed by atoms with Gasteiger partial charge < -0.3 is 14.7 Å². The highest BCUT2D eigenvalue weighted by Gasteiger charge is 2.29. The Morgan fingerprint density at radius 2 is 2.04 bits per heavy atom. The van der Waals surface area contributed by atoms with E-state index in [0.717, 1.165) is 36.4 Å². The minimum Gasteiger partial charge on any atom is -0.504 e. The SMILES string of the molecule is COc1cc2c(N3CCc4[nH]nc(C(C)(C)C)c4C3)ncnc2cc1O. The van der Waals surface area contributed by atoms with Crippen LogP contribution in [0.15, 0.2) is 18.5 Å². The van der Waals surface area contributed by atoms with Gasteiger partial charge in [-0.2, -0.15) is 5.10 Å². The molecule has 0 aliphatic carbocycles. The largest absolute Gasteiger partial charge is 0.504 e. The predicted molar refractivity (Wildman–Crippen MR) is 99.8 cm³/mol. The summed E-state index contributed by atoms with van der Waals surface area (Å²) in [6.45, 7) is 8.12. The first-order valence-electron chi connectivity index (χ1n) is 8.71. The highest BCUT2D eigenvalue weighted by Crippen LogP contribution is 2.36. The minimum atomic E-state index is -0.0180. The van der Waals surface area contributed by atoms with Crippen LogP contribution in [0.5, 0.6) is 11.5 Å². The van der Waals surface area contributed by atoms with Gasteiger partial charge in [0.25, 0.3) is 0 Å². The molecule has 0 radical (unpaired) electrons. The fourth-order valence-electron chi connectivity index (χ4n) is 3.57. The van der Waals surface area contributed by atoms with E-state index in [9.17, 15) is 5.11 Å². The van der Waals surface area contributed by atoms with Crippen molar-refractivity contribution in [1.29, 1.82) is 0 Å². The van der Waals surface area contributed by atoms with Crippen LogP contribution in [-0.4, -0.2) is 38.9 Å². The number of ether oxygens (including phenoxy) is 1. The van der Waals surface area contributed by atoms with Crippen molar-refractivity contribution in [1.82, 2.24) is 20.2 Å². The molecule has 1 aliphatic heterocycles. The zero-order chi connectivity index (χ0) is 18.5. The second-order valence-electron chi connectivity index (χ2n) is 7.69. The monoisotopic (exact) mass is 353 g/mol. The Bertz CT molecular complexity index is 974. The number of H-pyrrole nitrogens is 1. The van der Waals surface area contributed by atoms with Gasteiger partial charge >= 0.3 is 0 Å². The van der Waals surface area contributed by atoms with E-state index in [1.165, 1.54) is 11.3 Å². The van der Waals surface area contributed by atoms with Crippen molar-refractivity contribution in [2.24, 2.45) is 0 Å². The molecular formula is C19H23N5O2. The summed E-state index contributed by atoms with van der Waals surface area (Å²) >= 11 is 0. The van der Waals surface area contributed by atoms with Crippen LogP contribution in [0.3, 0.4) is 0 Å². The quantitative estimate of drug-likeness (QED) is 0.737. The van der Waals surface area contributed by atoms with Gasteiger partial charge in [0.15, 0.2) is 11.5 Å². The van der Waals surface area contributed by atoms with E-state index < -0.39 is 0 Å². The van der Waals surface area contributed by atoms with E-state index in [1.807, 2.05) is 0 Å². The number of phenols is 1. The molecule has 7 heteroatoms. The van der Waals surface area contributed by atoms with E-state index >= 15 is 0 Å². The number of aromatic hydroxyl groups is 1. The van der Waals surface area contributed by atoms with E-state index in [2.05, 4.69) is 45.8 Å². The average Bonchev–Trinajstić information content (AvgIpc) is 3.04. The average molecular weight is 353 g/mol. The van der Waals surface area contributed by atoms with Crippen molar-refractivity contribution in [3.05, 3.63) is 35.4 Å². The van der Waals surface area contributed by atoms with Crippen LogP contribution in [0.1, 0.15) is 37.7 Å². The molecule has 0 spiro atoms. The zero-order valence-electron chi connectivity index (χ0n) is 15.5. The fraction of sp³-hybridized carbons (Fsp3) is 0.421. The van der Waals surface area contributed by atoms with Gasteiger partial charge in [-0.1, -0.05) is 20.8 Å². The molecule has 0 bridgehead atoms. The maximum Gasteiger partial charge on any atom is 0.161 e. The molecular weight excluding hydrogens is 330 g/mol. The number of rotatable bonds is 2. The summed E-state index contributed by atoms with van der Waals surface area (Å²) in [6, 6.07) is 3.42. The number of hydrogen-bond acceptors (Lipinski definition) is 6. The number of fused-ring (bicyclic) bond motifs is 2. The molecule has 0 fully saturated rings. The van der Waals surface area contributed by atoms with Crippen molar-refractivity contribution >= 4 is 16.7 Å². The Balaban J connectivity index is 1.79. The Morgan fingerprint density at radius 1 is 1.23 bits per heavy atom. The van der Waals surface area contributed by atoms with Gasteiger partial charge in [0.2, 0.25) is 0 Å². The lowest BCUT2D eigenvalue weighted by atomic mass is 9.87. The van der Waals surface area contributed by atoms with Crippen molar-refractivity contribution in [2.75, 3.05) is 18.6 Å². The van der Waals surface area contributed by atoms with Crippen molar-refractivity contribution in [2.45, 2.75) is 39.2 Å². The number of hydrogen-bond donors (Lipinski definition) is 2. The third-order valence-electron chi connectivity index (χ3n) is 4.86. The summed E-state index contributed by atoms with van der Waals surface area (Å²) in [5.41, 5.74) is 4.24. The smallest absolute Gasteiger partial charge is 0.161 e. The normalized spacial score (nSPS) is 14.5. The molecule has 0 saturated carbocycles. The minimum absolute atomic E-state index is 0.0180. The van der Waals surface area contributed by atoms with Crippen LogP contribution in [0.4, 0.5) is 5.82 Å². The van der Waals surface area contributed by atoms with Gasteiger partial charge in [0, 0.05) is 47.6 Å². The molecule has 4 rings (SSSR count). The van der Waals surface area contributed by atoms with E-state index in [1.54, 1.807) is 25.6 Å². The lowest BCUT2D eigenvalue weighted by Gasteiger charge is -2.30. The van der Waals surface area contributed by atoms with Crippen molar-refractivity contribution in [3.63, 3.8) is 0 Å². The molecule has 2 N–H and O–H groups in total. The van der Waals surface area contributed by atoms with Crippen LogP contribution in [0, 0.1) is 0 Å². The number of anilines is 1. The Labute approximate surface area is 152 Å². The molecule has 26 heavy (non-hydrogen) atoms. The third kappa shape index (κ3) is 2.64. The first-order valence-corrected chi connectivity index (χ1v) is 8.71. The molecule has 0 atom stereocenters. The highest BCUT2D eigenvalue weighted by molar-refractivity contribution is 5.92. The van der Waals surface area contributed by atoms with E-state index in [-0.39, 0.29) is 11.2 Å². The zero-order valence-corrected chi connectivity index (χ0v) is 15.5. The number of nitrogens with zero attached hydrogens (tertiary/aromatic N) is 4. The summed E-state index contributed by atoms with van der Waals surface area (Å²) in [5.74, 6) is 1.35. The Hall–Kier alpha value is -2.83. The summed E-state index contributed by atoms with van der Waals surface area (Å²) in [5, 5.41) is 18.7. The molecule has 136 valence electrons. The topological polar surface area (TPSA) is 87.2 Å². The fourth-order valence-corrected chi connectivity index (χ4v) is 3.57. The van der Waals surface area contributed by atoms with Crippen LogP contribution in [-0.2, 0) is 18.4 Å². The number of methoxy groups -OCH3 is 1. The molecule has 7 nitrogen and oxygen atoms in total. The first-order chi connectivity index (χ1) is 12.4. The molecule has 3 aromatic rings. The number of benzene rings is 1. The maximum absolute atomic E-state index is 10.0. The number of aromatic amines is 1. The summed E-state index contributed by atoms with van der Waals surface area (Å²) in [4.78, 5) is 11.1. The van der Waals surface area contributed by atoms with Crippen molar-refractivity contribution in [3.8, 4) is 11.5 Å². The molecule has 1 aliphatic rings. The van der Waals surface area contributed by atoms with Crippen LogP contribution >= 0.6 is 0 Å². The van der Waals surface area contributed by atoms with E-state index in [4.69, 9.17) is 4.74 Å². The summed E-state index contributed by atoms with van der Waals surface area (Å²) in [7, 11) is 1.54. The van der Waals surface area contributed by atoms with Crippen molar-refractivity contribution < 1.29 is 9.84 Å². The molecule has 0 amide bonds. The van der Waals surface area contributed by atoms with Crippen LogP contribution in [0.25, 0.3) is 10.9 Å². The van der Waals surface area contributed by atoms with Gasteiger partial charge in [-0.3, -0.25) is 5.10 Å². The van der Waals surface area contributed by atoms with E-state index in [0.29, 0.717) is 11.3 Å². The second-order valence-corrected chi connectivity index (χ2v) is 7.69. The van der Waals surface area contributed by atoms with Gasteiger partial charge in [-0.05, 0) is 6.07 Å². The molecule has 1 aromatic carbocycles. The number of aromatic nitrogens is 4. The molecule has 3 heterocycles. The Kier molecular flexibility index (Phi) is 3.75. The van der Waals surface area contributed by atoms with Gasteiger partial charge in [0.1, 0.15) is 12.1 Å². The third-order valence-corrected chi connectivity index (χ3v) is 4.86. The predicted octanol–water partition coefficient (Wildman–Crippen LogP) is 2.93. The standard InChI is InChI=1S/C19H23N5O2/c1-19(2,3)17-12-9-24(6-5-13(12)22-23-17)18-11-7-16(26-4)15(25)8-14(11)20-10-21-18/h7-8,10,25H,5-6,9H2,1-4H3,(H,22,23). The van der Waals surface area contributed by atoms with Gasteiger partial charge in [-0.25, -0.2) is 9.97 Å². The second kappa shape index (κ2) is 5.86. The molecule has 0 unspecified atom stereocenters. The lowest BCUT2D eigenvalue weighted by molar-refractivity contribution is 0.374. The summed E-state index contributed by atoms with van der Waals surface area (Å²) < 4.78 is 5.26. The van der Waals surface area contributed by atoms with Crippen LogP contribution < -0.4 is 9.64 Å². The summed E-state index contributed by atoms with van der Waals surface area (Å²) in [6.07, 6.45) is 2.43. The Morgan fingerprint density at radius 3 is 2.77 bits per heavy atom. The van der Waals surface area contributed by atoms with Gasteiger partial charge in [-0.15, -0.1) is 0 Å². The highest BCUT2D eigenvalue weighted by atomic mass is 16.5. The molecule has 0 saturated heterocycles. The first kappa shape index (κ1) is 16.6. The van der Waals surface area contributed by atoms with Gasteiger partial charge in [0.05, 0.1) is 18.3 Å². The molecule has 2 aromatic heterocycles. The number of nitrogens with one attached hydrogen (secondary N) is 1.